The summed E-state index contributed by atoms with van der Waals surface area (Å²) in [6, 6.07) is 3.65. The van der Waals surface area contributed by atoms with Crippen LogP contribution in [0.25, 0.3) is 0 Å². The Kier molecular flexibility index (Phi) is 7.27. The standard InChI is InChI=1S/C17H28N4O3/c1-3-21(4-2)17(23)14-20-9-7-19(8-10-20)13-16(22)18-12-15-6-5-11-24-15/h5-6,11H,3-4,7-10,12-14H2,1-2H3,(H,18,22). The molecule has 1 aliphatic heterocycles. The van der Waals surface area contributed by atoms with Gasteiger partial charge in [-0.05, 0) is 26.0 Å². The molecule has 0 radical (unpaired) electrons. The zero-order valence-electron chi connectivity index (χ0n) is 14.7. The van der Waals surface area contributed by atoms with Crippen molar-refractivity contribution < 1.29 is 14.0 Å². The molecule has 1 aromatic rings. The van der Waals surface area contributed by atoms with Gasteiger partial charge in [-0.2, -0.15) is 0 Å². The van der Waals surface area contributed by atoms with E-state index >= 15 is 0 Å². The van der Waals surface area contributed by atoms with Crippen molar-refractivity contribution in [3.05, 3.63) is 24.2 Å². The van der Waals surface area contributed by atoms with Gasteiger partial charge >= 0.3 is 0 Å². The molecule has 7 nitrogen and oxygen atoms in total. The van der Waals surface area contributed by atoms with Gasteiger partial charge in [0.2, 0.25) is 11.8 Å². The van der Waals surface area contributed by atoms with Crippen molar-refractivity contribution in [3.8, 4) is 0 Å². The van der Waals surface area contributed by atoms with Crippen LogP contribution in [0.1, 0.15) is 19.6 Å². The van der Waals surface area contributed by atoms with Gasteiger partial charge in [-0.3, -0.25) is 19.4 Å². The third-order valence-corrected chi connectivity index (χ3v) is 4.35. The van der Waals surface area contributed by atoms with E-state index in [1.807, 2.05) is 24.8 Å². The van der Waals surface area contributed by atoms with Crippen LogP contribution in [-0.2, 0) is 16.1 Å². The van der Waals surface area contributed by atoms with Gasteiger partial charge in [-0.1, -0.05) is 0 Å². The smallest absolute Gasteiger partial charge is 0.236 e. The summed E-state index contributed by atoms with van der Waals surface area (Å²) >= 11 is 0. The van der Waals surface area contributed by atoms with Crippen LogP contribution in [-0.4, -0.2) is 78.9 Å². The van der Waals surface area contributed by atoms with Crippen LogP contribution >= 0.6 is 0 Å². The SMILES string of the molecule is CCN(CC)C(=O)CN1CCN(CC(=O)NCc2ccco2)CC1. The van der Waals surface area contributed by atoms with Gasteiger partial charge in [0, 0.05) is 39.3 Å². The summed E-state index contributed by atoms with van der Waals surface area (Å²) in [6.07, 6.45) is 1.60. The predicted molar refractivity (Wildman–Crippen MR) is 91.4 cm³/mol. The highest BCUT2D eigenvalue weighted by molar-refractivity contribution is 5.78. The Balaban J connectivity index is 1.65. The number of nitrogens with one attached hydrogen (secondary N) is 1. The normalized spacial score (nSPS) is 16.1. The second kappa shape index (κ2) is 9.44. The Hall–Kier alpha value is -1.86. The predicted octanol–water partition coefficient (Wildman–Crippen LogP) is 0.382. The molecule has 0 aliphatic carbocycles. The van der Waals surface area contributed by atoms with Gasteiger partial charge in [0.25, 0.3) is 0 Å². The van der Waals surface area contributed by atoms with Crippen molar-refractivity contribution in [2.75, 3.05) is 52.4 Å². The molecule has 0 unspecified atom stereocenters. The first-order valence-corrected chi connectivity index (χ1v) is 8.64. The molecule has 1 aliphatic rings. The van der Waals surface area contributed by atoms with Gasteiger partial charge in [0.1, 0.15) is 5.76 Å². The van der Waals surface area contributed by atoms with Crippen LogP contribution in [0, 0.1) is 0 Å². The average Bonchev–Trinajstić information content (AvgIpc) is 3.09. The third kappa shape index (κ3) is 5.65. The third-order valence-electron chi connectivity index (χ3n) is 4.35. The Labute approximate surface area is 143 Å². The summed E-state index contributed by atoms with van der Waals surface area (Å²) in [5, 5.41) is 2.86. The molecule has 2 rings (SSSR count). The maximum atomic E-state index is 12.1. The molecule has 0 saturated carbocycles. The first-order valence-electron chi connectivity index (χ1n) is 8.64. The van der Waals surface area contributed by atoms with Crippen molar-refractivity contribution in [3.63, 3.8) is 0 Å². The van der Waals surface area contributed by atoms with Crippen LogP contribution < -0.4 is 5.32 Å². The summed E-state index contributed by atoms with van der Waals surface area (Å²) in [7, 11) is 0. The van der Waals surface area contributed by atoms with Crippen LogP contribution in [0.15, 0.2) is 22.8 Å². The number of carbonyl (C=O) groups excluding carboxylic acids is 2. The van der Waals surface area contributed by atoms with E-state index in [2.05, 4.69) is 15.1 Å². The lowest BCUT2D eigenvalue weighted by Crippen LogP contribution is -2.51. The highest BCUT2D eigenvalue weighted by atomic mass is 16.3. The minimum atomic E-state index is -0.000863. The quantitative estimate of drug-likeness (QED) is 0.743. The fourth-order valence-electron chi connectivity index (χ4n) is 2.83. The molecule has 2 amide bonds. The first kappa shape index (κ1) is 18.5. The molecule has 0 spiro atoms. The second-order valence-electron chi connectivity index (χ2n) is 5.97. The number of piperazine rings is 1. The fraction of sp³-hybridized carbons (Fsp3) is 0.647. The Morgan fingerprint density at radius 2 is 1.75 bits per heavy atom. The van der Waals surface area contributed by atoms with Gasteiger partial charge in [0.05, 0.1) is 25.9 Å². The van der Waals surface area contributed by atoms with Gasteiger partial charge < -0.3 is 14.6 Å². The number of likely N-dealkylation sites (N-methyl/N-ethyl adjacent to an activating group) is 1. The lowest BCUT2D eigenvalue weighted by Gasteiger charge is -2.34. The highest BCUT2D eigenvalue weighted by Gasteiger charge is 2.21. The van der Waals surface area contributed by atoms with Crippen LogP contribution in [0.3, 0.4) is 0 Å². The van der Waals surface area contributed by atoms with E-state index in [9.17, 15) is 9.59 Å². The molecule has 1 aromatic heterocycles. The minimum absolute atomic E-state index is 0.000863. The molecule has 1 saturated heterocycles. The average molecular weight is 336 g/mol. The van der Waals surface area contributed by atoms with E-state index in [1.165, 1.54) is 0 Å². The van der Waals surface area contributed by atoms with Crippen molar-refractivity contribution >= 4 is 11.8 Å². The topological polar surface area (TPSA) is 69.0 Å². The molecule has 24 heavy (non-hydrogen) atoms. The lowest BCUT2D eigenvalue weighted by molar-refractivity contribution is -0.133. The molecule has 1 fully saturated rings. The highest BCUT2D eigenvalue weighted by Crippen LogP contribution is 2.03. The maximum absolute atomic E-state index is 12.1. The summed E-state index contributed by atoms with van der Waals surface area (Å²) in [6.45, 7) is 10.0. The zero-order valence-corrected chi connectivity index (χ0v) is 14.7. The molecule has 134 valence electrons. The van der Waals surface area contributed by atoms with E-state index in [4.69, 9.17) is 4.42 Å². The second-order valence-corrected chi connectivity index (χ2v) is 5.97. The van der Waals surface area contributed by atoms with Crippen molar-refractivity contribution in [2.45, 2.75) is 20.4 Å². The number of carbonyl (C=O) groups is 2. The number of hydrogen-bond donors (Lipinski definition) is 1. The summed E-state index contributed by atoms with van der Waals surface area (Å²) in [5.41, 5.74) is 0. The number of furan rings is 1. The summed E-state index contributed by atoms with van der Waals surface area (Å²) < 4.78 is 5.19. The number of amides is 2. The van der Waals surface area contributed by atoms with Crippen molar-refractivity contribution in [1.82, 2.24) is 20.0 Å². The Morgan fingerprint density at radius 3 is 2.29 bits per heavy atom. The largest absolute Gasteiger partial charge is 0.467 e. The summed E-state index contributed by atoms with van der Waals surface area (Å²) in [4.78, 5) is 30.2. The molecule has 0 bridgehead atoms. The zero-order chi connectivity index (χ0) is 17.4. The monoisotopic (exact) mass is 336 g/mol. The number of nitrogens with zero attached hydrogens (tertiary/aromatic N) is 3. The Bertz CT molecular complexity index is 506. The molecule has 2 heterocycles. The van der Waals surface area contributed by atoms with E-state index in [0.29, 0.717) is 19.6 Å². The Morgan fingerprint density at radius 1 is 1.12 bits per heavy atom. The van der Waals surface area contributed by atoms with Gasteiger partial charge in [-0.25, -0.2) is 0 Å². The fourth-order valence-corrected chi connectivity index (χ4v) is 2.83. The van der Waals surface area contributed by atoms with Crippen LogP contribution in [0.4, 0.5) is 0 Å². The first-order chi connectivity index (χ1) is 11.6. The molecule has 1 N–H and O–H groups in total. The molecular weight excluding hydrogens is 308 g/mol. The van der Waals surface area contributed by atoms with E-state index in [0.717, 1.165) is 45.0 Å². The van der Waals surface area contributed by atoms with Gasteiger partial charge in [-0.15, -0.1) is 0 Å². The van der Waals surface area contributed by atoms with E-state index in [-0.39, 0.29) is 11.8 Å². The minimum Gasteiger partial charge on any atom is -0.467 e. The van der Waals surface area contributed by atoms with Gasteiger partial charge in [0.15, 0.2) is 0 Å². The maximum Gasteiger partial charge on any atom is 0.236 e. The van der Waals surface area contributed by atoms with Crippen LogP contribution in [0.5, 0.6) is 0 Å². The molecule has 7 heteroatoms. The molecule has 0 aromatic carbocycles. The van der Waals surface area contributed by atoms with E-state index in [1.54, 1.807) is 12.3 Å². The van der Waals surface area contributed by atoms with E-state index < -0.39 is 0 Å². The van der Waals surface area contributed by atoms with Crippen molar-refractivity contribution in [2.24, 2.45) is 0 Å². The number of rotatable bonds is 8. The summed E-state index contributed by atoms with van der Waals surface area (Å²) in [5.74, 6) is 0.937. The van der Waals surface area contributed by atoms with Crippen LogP contribution in [0.2, 0.25) is 0 Å². The van der Waals surface area contributed by atoms with Crippen molar-refractivity contribution in [1.29, 1.82) is 0 Å². The number of hydrogen-bond acceptors (Lipinski definition) is 5. The lowest BCUT2D eigenvalue weighted by atomic mass is 10.3. The molecular formula is C17H28N4O3. The molecule has 0 atom stereocenters.